The van der Waals surface area contributed by atoms with Crippen molar-refractivity contribution in [2.45, 2.75) is 146 Å². The van der Waals surface area contributed by atoms with Crippen molar-refractivity contribution >= 4 is 12.3 Å². The Hall–Kier alpha value is -1.58. The van der Waals surface area contributed by atoms with E-state index in [4.69, 9.17) is 4.74 Å². The first-order valence-corrected chi connectivity index (χ1v) is 20.4. The van der Waals surface area contributed by atoms with Crippen LogP contribution in [0, 0.1) is 63.6 Å². The maximum Gasteiger partial charge on any atom is 0.331 e. The van der Waals surface area contributed by atoms with E-state index in [1.54, 1.807) is 6.08 Å². The number of aldehydes is 1. The molecule has 9 aliphatic rings. The summed E-state index contributed by atoms with van der Waals surface area (Å²) in [6.45, 7) is 5.07. The minimum absolute atomic E-state index is 0.0903. The second-order valence-corrected chi connectivity index (χ2v) is 19.5. The van der Waals surface area contributed by atoms with E-state index in [0.29, 0.717) is 62.8 Å². The highest BCUT2D eigenvalue weighted by molar-refractivity contribution is 5.87. The molecule has 50 heavy (non-hydrogen) atoms. The molecule has 0 aromatic rings. The first kappa shape index (κ1) is 34.2. The lowest BCUT2D eigenvalue weighted by molar-refractivity contribution is -0.352. The van der Waals surface area contributed by atoms with Crippen LogP contribution >= 0.6 is 0 Å². The molecule has 5 N–H and O–H groups in total. The standard InChI is InChI=1S/C42H61NO7/c1-24(25-8-4-5-9-25)26-10-11-31-36(46)38(13-6-7-14-38)22-39(23-44)32-12-15-37(2)34-27(16-28(21-43-3)35-30(34)18-33(45)50-35)19-41(37,48)40(32,47)20-29(17-26)42(31,39)49/h16,18,23-27,29,31-32,34-36,43,46-49H,4-15,17,19-22H2,1-3H3. The highest BCUT2D eigenvalue weighted by atomic mass is 16.5. The summed E-state index contributed by atoms with van der Waals surface area (Å²) in [4.78, 5) is 27.0. The molecule has 8 aliphatic carbocycles. The maximum atomic E-state index is 14.2. The Kier molecular flexibility index (Phi) is 7.68. The largest absolute Gasteiger partial charge is 0.450 e. The van der Waals surface area contributed by atoms with E-state index < -0.39 is 63.0 Å². The Bertz CT molecular complexity index is 1500. The van der Waals surface area contributed by atoms with Gasteiger partial charge in [-0.2, -0.15) is 0 Å². The van der Waals surface area contributed by atoms with Gasteiger partial charge in [0.15, 0.2) is 0 Å². The van der Waals surface area contributed by atoms with Crippen LogP contribution in [0.4, 0.5) is 0 Å². The molecule has 0 amide bonds. The fourth-order valence-electron chi connectivity index (χ4n) is 16.0. The Balaban J connectivity index is 1.19. The number of allylic oxidation sites excluding steroid dienone is 1. The second-order valence-electron chi connectivity index (χ2n) is 19.5. The molecule has 8 heteroatoms. The molecule has 0 radical (unpaired) electrons. The molecule has 14 unspecified atom stereocenters. The van der Waals surface area contributed by atoms with Gasteiger partial charge in [0.05, 0.1) is 22.7 Å². The molecule has 0 aromatic carbocycles. The predicted octanol–water partition coefficient (Wildman–Crippen LogP) is 5.02. The Morgan fingerprint density at radius 3 is 2.44 bits per heavy atom. The summed E-state index contributed by atoms with van der Waals surface area (Å²) in [5.74, 6) is -0.657. The van der Waals surface area contributed by atoms with Gasteiger partial charge >= 0.3 is 5.97 Å². The van der Waals surface area contributed by atoms with Gasteiger partial charge in [0.1, 0.15) is 18.0 Å². The van der Waals surface area contributed by atoms with Crippen LogP contribution in [0.3, 0.4) is 0 Å². The van der Waals surface area contributed by atoms with Crippen LogP contribution in [0.1, 0.15) is 117 Å². The molecular formula is C42H61NO7. The summed E-state index contributed by atoms with van der Waals surface area (Å²) >= 11 is 0. The van der Waals surface area contributed by atoms with E-state index in [-0.39, 0.29) is 24.2 Å². The number of hydrogen-bond acceptors (Lipinski definition) is 8. The van der Waals surface area contributed by atoms with Crippen molar-refractivity contribution in [3.63, 3.8) is 0 Å². The van der Waals surface area contributed by atoms with Gasteiger partial charge in [0, 0.05) is 29.9 Å². The van der Waals surface area contributed by atoms with Crippen LogP contribution in [0.2, 0.25) is 0 Å². The molecule has 0 saturated heterocycles. The molecule has 9 rings (SSSR count). The predicted molar refractivity (Wildman–Crippen MR) is 187 cm³/mol. The number of nitrogens with one attached hydrogen (secondary N) is 1. The van der Waals surface area contributed by atoms with E-state index >= 15 is 0 Å². The molecular weight excluding hydrogens is 630 g/mol. The van der Waals surface area contributed by atoms with Gasteiger partial charge in [-0.1, -0.05) is 58.4 Å². The third-order valence-corrected chi connectivity index (χ3v) is 18.1. The minimum atomic E-state index is -1.62. The van der Waals surface area contributed by atoms with Crippen LogP contribution in [0.25, 0.3) is 0 Å². The summed E-state index contributed by atoms with van der Waals surface area (Å²) in [7, 11) is 1.88. The normalized spacial score (nSPS) is 52.5. The maximum absolute atomic E-state index is 14.2. The molecule has 7 fully saturated rings. The zero-order chi connectivity index (χ0) is 35.1. The molecule has 1 heterocycles. The monoisotopic (exact) mass is 691 g/mol. The highest BCUT2D eigenvalue weighted by Crippen LogP contribution is 2.78. The van der Waals surface area contributed by atoms with Crippen molar-refractivity contribution in [1.29, 1.82) is 0 Å². The van der Waals surface area contributed by atoms with Crippen molar-refractivity contribution in [2.24, 2.45) is 63.6 Å². The van der Waals surface area contributed by atoms with Crippen molar-refractivity contribution in [2.75, 3.05) is 13.6 Å². The summed E-state index contributed by atoms with van der Waals surface area (Å²) in [6.07, 6.45) is 16.8. The van der Waals surface area contributed by atoms with Gasteiger partial charge in [-0.05, 0) is 123 Å². The van der Waals surface area contributed by atoms with Gasteiger partial charge in [-0.3, -0.25) is 0 Å². The van der Waals surface area contributed by atoms with Crippen molar-refractivity contribution in [3.8, 4) is 0 Å². The molecule has 0 bridgehead atoms. The molecule has 1 spiro atoms. The quantitative estimate of drug-likeness (QED) is 0.154. The fraction of sp³-hybridized carbons (Fsp3) is 0.857. The lowest BCUT2D eigenvalue weighted by atomic mass is 9.34. The van der Waals surface area contributed by atoms with Gasteiger partial charge in [-0.15, -0.1) is 0 Å². The van der Waals surface area contributed by atoms with E-state index in [2.05, 4.69) is 25.2 Å². The average molecular weight is 692 g/mol. The van der Waals surface area contributed by atoms with Gasteiger partial charge in [-0.25, -0.2) is 4.79 Å². The molecule has 1 aliphatic heterocycles. The average Bonchev–Trinajstić information content (AvgIpc) is 3.88. The van der Waals surface area contributed by atoms with Crippen LogP contribution in [0.5, 0.6) is 0 Å². The van der Waals surface area contributed by atoms with Gasteiger partial charge < -0.3 is 35.3 Å². The number of aliphatic hydroxyl groups excluding tert-OH is 1. The molecule has 7 saturated carbocycles. The summed E-state index contributed by atoms with van der Waals surface area (Å²) in [5, 5.41) is 56.6. The molecule has 14 atom stereocenters. The fourth-order valence-corrected chi connectivity index (χ4v) is 16.0. The zero-order valence-corrected chi connectivity index (χ0v) is 30.5. The summed E-state index contributed by atoms with van der Waals surface area (Å²) in [6, 6.07) is 0. The molecule has 0 aromatic heterocycles. The highest BCUT2D eigenvalue weighted by Gasteiger charge is 2.83. The van der Waals surface area contributed by atoms with E-state index in [1.807, 2.05) is 7.05 Å². The van der Waals surface area contributed by atoms with Crippen LogP contribution in [-0.4, -0.2) is 75.3 Å². The number of hydrogen-bond donors (Lipinski definition) is 5. The number of likely N-dealkylation sites (N-methyl/N-ethyl adjacent to an activating group) is 1. The number of carbonyl (C=O) groups excluding carboxylic acids is 2. The first-order chi connectivity index (χ1) is 23.8. The smallest absolute Gasteiger partial charge is 0.331 e. The lowest BCUT2D eigenvalue weighted by Gasteiger charge is -2.73. The number of esters is 1. The lowest BCUT2D eigenvalue weighted by Crippen LogP contribution is -2.82. The van der Waals surface area contributed by atoms with Gasteiger partial charge in [0.2, 0.25) is 0 Å². The molecule has 276 valence electrons. The van der Waals surface area contributed by atoms with Crippen LogP contribution in [0.15, 0.2) is 23.3 Å². The molecule has 8 nitrogen and oxygen atoms in total. The van der Waals surface area contributed by atoms with E-state index in [9.17, 15) is 30.0 Å². The van der Waals surface area contributed by atoms with Crippen molar-refractivity contribution in [1.82, 2.24) is 5.32 Å². The summed E-state index contributed by atoms with van der Waals surface area (Å²) < 4.78 is 5.87. The Morgan fingerprint density at radius 2 is 1.74 bits per heavy atom. The second kappa shape index (κ2) is 11.2. The topological polar surface area (TPSA) is 136 Å². The minimum Gasteiger partial charge on any atom is -0.450 e. The van der Waals surface area contributed by atoms with E-state index in [1.165, 1.54) is 25.7 Å². The van der Waals surface area contributed by atoms with Crippen molar-refractivity contribution in [3.05, 3.63) is 23.3 Å². The number of rotatable bonds is 5. The number of carbonyl (C=O) groups is 2. The SMILES string of the molecule is CNCC1=CC2CC3(O)C(C)(CCC4C3(O)CC3CC(C(C)C5CCCC5)CCC5C(O)C6(CCCC6)CC4(C=O)C35O)C2C2=CC(=O)OC12. The summed E-state index contributed by atoms with van der Waals surface area (Å²) in [5.41, 5.74) is -5.21. The van der Waals surface area contributed by atoms with Crippen LogP contribution in [-0.2, 0) is 14.3 Å². The Labute approximate surface area is 297 Å². The van der Waals surface area contributed by atoms with Gasteiger partial charge in [0.25, 0.3) is 0 Å². The third kappa shape index (κ3) is 4.02. The van der Waals surface area contributed by atoms with E-state index in [0.717, 1.165) is 49.5 Å². The zero-order valence-electron chi connectivity index (χ0n) is 30.5. The number of fused-ring (bicyclic) bond motifs is 8. The number of aliphatic hydroxyl groups is 4. The number of ether oxygens (including phenoxy) is 1. The van der Waals surface area contributed by atoms with Crippen molar-refractivity contribution < 1.29 is 34.8 Å². The van der Waals surface area contributed by atoms with Crippen LogP contribution < -0.4 is 5.32 Å². The third-order valence-electron chi connectivity index (χ3n) is 18.1. The first-order valence-electron chi connectivity index (χ1n) is 20.4. The Morgan fingerprint density at radius 1 is 1.00 bits per heavy atom.